The summed E-state index contributed by atoms with van der Waals surface area (Å²) in [6.07, 6.45) is 1.96. The molecule has 1 aliphatic heterocycles. The van der Waals surface area contributed by atoms with Crippen molar-refractivity contribution >= 4 is 56.7 Å². The number of nitrogens with zero attached hydrogens (tertiary/aromatic N) is 2. The van der Waals surface area contributed by atoms with Crippen LogP contribution in [-0.2, 0) is 4.79 Å². The number of carbonyl (C=O) groups is 3. The van der Waals surface area contributed by atoms with Crippen LogP contribution < -0.4 is 5.32 Å². The van der Waals surface area contributed by atoms with Crippen molar-refractivity contribution in [2.45, 2.75) is 17.3 Å². The van der Waals surface area contributed by atoms with E-state index in [9.17, 15) is 14.4 Å². The van der Waals surface area contributed by atoms with Crippen LogP contribution in [0.25, 0.3) is 10.2 Å². The maximum Gasteiger partial charge on any atom is 0.262 e. The highest BCUT2D eigenvalue weighted by molar-refractivity contribution is 8.00. The van der Waals surface area contributed by atoms with Gasteiger partial charge in [-0.25, -0.2) is 4.98 Å². The molecule has 1 atom stereocenters. The van der Waals surface area contributed by atoms with Gasteiger partial charge in [0.15, 0.2) is 4.34 Å². The summed E-state index contributed by atoms with van der Waals surface area (Å²) in [5.74, 6) is -1.31. The fourth-order valence-electron chi connectivity index (χ4n) is 2.99. The van der Waals surface area contributed by atoms with E-state index in [1.165, 1.54) is 0 Å². The number of carbonyl (C=O) groups excluding carboxylic acids is 3. The van der Waals surface area contributed by atoms with Crippen molar-refractivity contribution < 1.29 is 14.4 Å². The van der Waals surface area contributed by atoms with Gasteiger partial charge >= 0.3 is 0 Å². The average Bonchev–Trinajstić information content (AvgIpc) is 3.20. The van der Waals surface area contributed by atoms with E-state index < -0.39 is 23.8 Å². The Kier molecular flexibility index (Phi) is 4.45. The Bertz CT molecular complexity index is 1060. The largest absolute Gasteiger partial charge is 0.324 e. The number of nitrogens with one attached hydrogen (secondary N) is 1. The maximum absolute atomic E-state index is 12.7. The molecule has 8 heteroatoms. The highest BCUT2D eigenvalue weighted by atomic mass is 32.2. The van der Waals surface area contributed by atoms with E-state index in [0.717, 1.165) is 19.5 Å². The van der Waals surface area contributed by atoms with Gasteiger partial charge < -0.3 is 5.32 Å². The summed E-state index contributed by atoms with van der Waals surface area (Å²) in [6, 6.07) is 11.1. The Labute approximate surface area is 163 Å². The lowest BCUT2D eigenvalue weighted by Gasteiger charge is -2.21. The minimum atomic E-state index is -0.920. The first-order chi connectivity index (χ1) is 13.0. The molecule has 0 aliphatic carbocycles. The Morgan fingerprint density at radius 2 is 1.81 bits per heavy atom. The third-order valence-corrected chi connectivity index (χ3v) is 6.41. The topological polar surface area (TPSA) is 79.4 Å². The van der Waals surface area contributed by atoms with E-state index in [1.54, 1.807) is 60.4 Å². The molecule has 27 heavy (non-hydrogen) atoms. The number of amides is 3. The highest BCUT2D eigenvalue weighted by Gasteiger charge is 2.40. The number of hydrogen-bond donors (Lipinski definition) is 1. The Morgan fingerprint density at radius 1 is 1.15 bits per heavy atom. The SMILES string of the molecule is CSc1nc2ccc(NC(=O)C(C)N3C(=O)c4ccccc4C3=O)cc2s1. The number of benzene rings is 2. The molecule has 0 spiro atoms. The molecule has 3 aromatic rings. The van der Waals surface area contributed by atoms with Crippen LogP contribution in [0.1, 0.15) is 27.6 Å². The summed E-state index contributed by atoms with van der Waals surface area (Å²) in [6.45, 7) is 1.55. The van der Waals surface area contributed by atoms with Gasteiger partial charge in [-0.15, -0.1) is 11.3 Å². The van der Waals surface area contributed by atoms with Gasteiger partial charge in [0.05, 0.1) is 21.3 Å². The van der Waals surface area contributed by atoms with E-state index in [0.29, 0.717) is 16.8 Å². The first kappa shape index (κ1) is 17.7. The van der Waals surface area contributed by atoms with Crippen LogP contribution in [0.4, 0.5) is 5.69 Å². The Morgan fingerprint density at radius 3 is 2.44 bits per heavy atom. The number of imide groups is 1. The summed E-state index contributed by atoms with van der Waals surface area (Å²) in [5, 5.41) is 2.79. The molecular formula is C19H15N3O3S2. The summed E-state index contributed by atoms with van der Waals surface area (Å²) in [4.78, 5) is 43.2. The quantitative estimate of drug-likeness (QED) is 0.537. The zero-order valence-electron chi connectivity index (χ0n) is 14.6. The molecule has 1 N–H and O–H groups in total. The van der Waals surface area contributed by atoms with Crippen LogP contribution in [0.2, 0.25) is 0 Å². The summed E-state index contributed by atoms with van der Waals surface area (Å²) in [7, 11) is 0. The Balaban J connectivity index is 1.55. The van der Waals surface area contributed by atoms with Gasteiger partial charge in [-0.1, -0.05) is 23.9 Å². The second-order valence-corrected chi connectivity index (χ2v) is 8.14. The van der Waals surface area contributed by atoms with Crippen molar-refractivity contribution in [2.24, 2.45) is 0 Å². The smallest absolute Gasteiger partial charge is 0.262 e. The molecule has 6 nitrogen and oxygen atoms in total. The van der Waals surface area contributed by atoms with Gasteiger partial charge in [0.2, 0.25) is 5.91 Å². The number of fused-ring (bicyclic) bond motifs is 2. The molecular weight excluding hydrogens is 382 g/mol. The molecule has 0 bridgehead atoms. The lowest BCUT2D eigenvalue weighted by Crippen LogP contribution is -2.45. The maximum atomic E-state index is 12.7. The molecule has 0 saturated carbocycles. The summed E-state index contributed by atoms with van der Waals surface area (Å²) in [5.41, 5.74) is 2.14. The van der Waals surface area contributed by atoms with Gasteiger partial charge in [-0.3, -0.25) is 19.3 Å². The van der Waals surface area contributed by atoms with Crippen LogP contribution >= 0.6 is 23.1 Å². The van der Waals surface area contributed by atoms with Gasteiger partial charge in [0, 0.05) is 5.69 Å². The molecule has 3 amide bonds. The van der Waals surface area contributed by atoms with Gasteiger partial charge in [0.1, 0.15) is 6.04 Å². The normalized spacial score (nSPS) is 14.5. The van der Waals surface area contributed by atoms with Crippen molar-refractivity contribution in [3.05, 3.63) is 53.6 Å². The van der Waals surface area contributed by atoms with E-state index >= 15 is 0 Å². The molecule has 4 rings (SSSR count). The van der Waals surface area contributed by atoms with E-state index in [2.05, 4.69) is 10.3 Å². The lowest BCUT2D eigenvalue weighted by molar-refractivity contribution is -0.119. The zero-order valence-corrected chi connectivity index (χ0v) is 16.2. The second kappa shape index (κ2) is 6.79. The van der Waals surface area contributed by atoms with Crippen LogP contribution in [0.3, 0.4) is 0 Å². The molecule has 0 saturated heterocycles. The first-order valence-corrected chi connectivity index (χ1v) is 10.3. The number of aromatic nitrogens is 1. The van der Waals surface area contributed by atoms with Crippen molar-refractivity contribution in [1.82, 2.24) is 9.88 Å². The van der Waals surface area contributed by atoms with E-state index in [-0.39, 0.29) is 0 Å². The van der Waals surface area contributed by atoms with Crippen LogP contribution in [0.5, 0.6) is 0 Å². The van der Waals surface area contributed by atoms with Gasteiger partial charge in [0.25, 0.3) is 11.8 Å². The second-order valence-electron chi connectivity index (χ2n) is 6.06. The van der Waals surface area contributed by atoms with Crippen LogP contribution in [0, 0.1) is 0 Å². The first-order valence-electron chi connectivity index (χ1n) is 8.22. The van der Waals surface area contributed by atoms with Crippen molar-refractivity contribution in [3.63, 3.8) is 0 Å². The van der Waals surface area contributed by atoms with E-state index in [4.69, 9.17) is 0 Å². The third kappa shape index (κ3) is 3.00. The molecule has 0 radical (unpaired) electrons. The molecule has 1 aliphatic rings. The number of anilines is 1. The number of thioether (sulfide) groups is 1. The van der Waals surface area contributed by atoms with Crippen LogP contribution in [-0.4, -0.2) is 39.9 Å². The van der Waals surface area contributed by atoms with Crippen molar-refractivity contribution in [3.8, 4) is 0 Å². The third-order valence-electron chi connectivity index (χ3n) is 4.40. The van der Waals surface area contributed by atoms with Crippen LogP contribution in [0.15, 0.2) is 46.8 Å². The molecule has 0 fully saturated rings. The van der Waals surface area contributed by atoms with Crippen molar-refractivity contribution in [2.75, 3.05) is 11.6 Å². The number of rotatable bonds is 4. The monoisotopic (exact) mass is 397 g/mol. The fourth-order valence-corrected chi connectivity index (χ4v) is 4.52. The minimum Gasteiger partial charge on any atom is -0.324 e. The predicted octanol–water partition coefficient (Wildman–Crippen LogP) is 3.64. The fraction of sp³-hybridized carbons (Fsp3) is 0.158. The number of thiazole rings is 1. The summed E-state index contributed by atoms with van der Waals surface area (Å²) >= 11 is 3.12. The molecule has 1 aromatic heterocycles. The standard InChI is InChI=1S/C19H15N3O3S2/c1-10(22-17(24)12-5-3-4-6-13(12)18(22)25)16(23)20-11-7-8-14-15(9-11)27-19(21-14)26-2/h3-10H,1-2H3,(H,20,23). The minimum absolute atomic E-state index is 0.331. The van der Waals surface area contributed by atoms with Gasteiger partial charge in [-0.2, -0.15) is 0 Å². The predicted molar refractivity (Wildman–Crippen MR) is 106 cm³/mol. The highest BCUT2D eigenvalue weighted by Crippen LogP contribution is 2.30. The Hall–Kier alpha value is -2.71. The molecule has 1 unspecified atom stereocenters. The zero-order chi connectivity index (χ0) is 19.1. The van der Waals surface area contributed by atoms with Gasteiger partial charge in [-0.05, 0) is 43.5 Å². The molecule has 2 aromatic carbocycles. The molecule has 136 valence electrons. The number of hydrogen-bond acceptors (Lipinski definition) is 6. The average molecular weight is 397 g/mol. The molecule has 2 heterocycles. The van der Waals surface area contributed by atoms with E-state index in [1.807, 2.05) is 18.4 Å². The summed E-state index contributed by atoms with van der Waals surface area (Å²) < 4.78 is 1.92. The van der Waals surface area contributed by atoms with Crippen molar-refractivity contribution in [1.29, 1.82) is 0 Å². The lowest BCUT2D eigenvalue weighted by atomic mass is 10.1.